The van der Waals surface area contributed by atoms with Gasteiger partial charge in [-0.15, -0.1) is 0 Å². The minimum absolute atomic E-state index is 0.00549. The summed E-state index contributed by atoms with van der Waals surface area (Å²) in [4.78, 5) is 45.0. The maximum Gasteiger partial charge on any atom is 0.327 e. The molecule has 2 aromatic rings. The maximum atomic E-state index is 14.6. The molecule has 4 heterocycles. The average Bonchev–Trinajstić information content (AvgIpc) is 3.19. The van der Waals surface area contributed by atoms with E-state index >= 15 is 0 Å². The highest BCUT2D eigenvalue weighted by molar-refractivity contribution is 7.90. The number of amides is 3. The van der Waals surface area contributed by atoms with Crippen molar-refractivity contribution in [1.82, 2.24) is 24.7 Å². The lowest BCUT2D eigenvalue weighted by atomic mass is 9.93. The quantitative estimate of drug-likeness (QED) is 0.470. The van der Waals surface area contributed by atoms with Crippen LogP contribution in [0.15, 0.2) is 29.1 Å². The van der Waals surface area contributed by atoms with Crippen LogP contribution in [0.25, 0.3) is 6.08 Å². The molecule has 3 amide bonds. The van der Waals surface area contributed by atoms with E-state index in [4.69, 9.17) is 0 Å². The Kier molecular flexibility index (Phi) is 8.20. The van der Waals surface area contributed by atoms with Crippen molar-refractivity contribution < 1.29 is 26.8 Å². The Morgan fingerprint density at radius 1 is 1.12 bits per heavy atom. The molecule has 0 bridgehead atoms. The van der Waals surface area contributed by atoms with Crippen molar-refractivity contribution in [2.24, 2.45) is 0 Å². The van der Waals surface area contributed by atoms with Crippen molar-refractivity contribution in [2.75, 3.05) is 50.0 Å². The van der Waals surface area contributed by atoms with Crippen LogP contribution in [0.1, 0.15) is 48.9 Å². The first-order valence-electron chi connectivity index (χ1n) is 13.7. The normalized spacial score (nSPS) is 21.8. The molecule has 0 aliphatic carbocycles. The first-order valence-corrected chi connectivity index (χ1v) is 15.8. The number of nitrogens with one attached hydrogen (secondary N) is 3. The zero-order valence-corrected chi connectivity index (χ0v) is 23.6. The number of sulfone groups is 1. The molecule has 11 nitrogen and oxygen atoms in total. The fraction of sp³-hybridized carbons (Fsp3) is 0.519. The van der Waals surface area contributed by atoms with E-state index in [-0.39, 0.29) is 49.0 Å². The number of fused-ring (bicyclic) bond motifs is 1. The number of aromatic amines is 1. The van der Waals surface area contributed by atoms with Crippen molar-refractivity contribution >= 4 is 33.7 Å². The predicted molar refractivity (Wildman–Crippen MR) is 149 cm³/mol. The van der Waals surface area contributed by atoms with Crippen LogP contribution in [0.4, 0.5) is 19.4 Å². The van der Waals surface area contributed by atoms with E-state index < -0.39 is 45.4 Å². The van der Waals surface area contributed by atoms with E-state index in [0.717, 1.165) is 18.0 Å². The number of urea groups is 1. The molecule has 2 atom stereocenters. The molecule has 0 unspecified atom stereocenters. The molecule has 3 aliphatic rings. The number of likely N-dealkylation sites (tertiary alicyclic amines) is 2. The van der Waals surface area contributed by atoms with Gasteiger partial charge in [0.15, 0.2) is 11.6 Å². The number of anilines is 1. The summed E-state index contributed by atoms with van der Waals surface area (Å²) in [6.07, 6.45) is 6.46. The van der Waals surface area contributed by atoms with E-state index in [9.17, 15) is 31.6 Å². The van der Waals surface area contributed by atoms with Gasteiger partial charge < -0.3 is 20.4 Å². The topological polar surface area (TPSA) is 137 Å². The fourth-order valence-corrected chi connectivity index (χ4v) is 6.43. The van der Waals surface area contributed by atoms with Crippen molar-refractivity contribution in [1.29, 1.82) is 0 Å². The van der Waals surface area contributed by atoms with Gasteiger partial charge in [0.2, 0.25) is 5.91 Å². The summed E-state index contributed by atoms with van der Waals surface area (Å²) in [5.41, 5.74) is 0.689. The molecule has 5 rings (SSSR count). The molecule has 3 aliphatic heterocycles. The standard InChI is InChI=1S/C27H34F2N6O5S/c1-41(39,40)15-14-34-16-17(19-4-2-5-20(28)23(19)29)7-8-21(25(34)36)31-26(37)33-12-9-18(10-13-33)35-22-6-3-11-30-24(22)32-27(35)38/h2-6,17-18,21,30H,7-16H2,1H3,(H,31,37)(H,32,38)/t17-,21-/m1/s1. The van der Waals surface area contributed by atoms with Gasteiger partial charge in [0, 0.05) is 50.9 Å². The molecule has 41 heavy (non-hydrogen) atoms. The van der Waals surface area contributed by atoms with Crippen LogP contribution in [0.5, 0.6) is 0 Å². The number of carbonyl (C=O) groups is 2. The Labute approximate surface area is 236 Å². The first kappa shape index (κ1) is 28.8. The van der Waals surface area contributed by atoms with E-state index in [1.54, 1.807) is 9.47 Å². The lowest BCUT2D eigenvalue weighted by molar-refractivity contribution is -0.132. The zero-order valence-electron chi connectivity index (χ0n) is 22.7. The van der Waals surface area contributed by atoms with Gasteiger partial charge in [0.1, 0.15) is 21.7 Å². The number of imidazole rings is 1. The average molecular weight is 593 g/mol. The molecular formula is C27H34F2N6O5S. The Bertz CT molecular complexity index is 1510. The number of hydrogen-bond donors (Lipinski definition) is 3. The molecule has 0 radical (unpaired) electrons. The SMILES string of the molecule is CS(=O)(=O)CCN1C[C@H](c2cccc(F)c2F)CC[C@@H](NC(=O)N2CCC(n3c4c([nH]c3=O)NCC=C4)CC2)C1=O. The van der Waals surface area contributed by atoms with Gasteiger partial charge in [0.05, 0.1) is 11.4 Å². The number of benzene rings is 1. The summed E-state index contributed by atoms with van der Waals surface area (Å²) >= 11 is 0. The number of carbonyl (C=O) groups excluding carboxylic acids is 2. The molecular weight excluding hydrogens is 558 g/mol. The third-order valence-corrected chi connectivity index (χ3v) is 8.99. The van der Waals surface area contributed by atoms with Gasteiger partial charge in [0.25, 0.3) is 0 Å². The second kappa shape index (κ2) is 11.7. The first-order chi connectivity index (χ1) is 19.5. The maximum absolute atomic E-state index is 14.6. The Hall–Kier alpha value is -3.68. The number of hydrogen-bond acceptors (Lipinski definition) is 6. The van der Waals surface area contributed by atoms with Gasteiger partial charge in [-0.3, -0.25) is 14.3 Å². The third-order valence-electron chi connectivity index (χ3n) is 8.06. The zero-order chi connectivity index (χ0) is 29.3. The largest absolute Gasteiger partial charge is 0.366 e. The predicted octanol–water partition coefficient (Wildman–Crippen LogP) is 2.06. The van der Waals surface area contributed by atoms with Crippen molar-refractivity contribution in [2.45, 2.75) is 43.7 Å². The number of aromatic nitrogens is 2. The molecule has 1 aromatic carbocycles. The molecule has 1 aromatic heterocycles. The van der Waals surface area contributed by atoms with Crippen LogP contribution >= 0.6 is 0 Å². The number of nitrogens with zero attached hydrogens (tertiary/aromatic N) is 3. The lowest BCUT2D eigenvalue weighted by Crippen LogP contribution is -2.53. The lowest BCUT2D eigenvalue weighted by Gasteiger charge is -2.34. The summed E-state index contributed by atoms with van der Waals surface area (Å²) in [5.74, 6) is -2.63. The smallest absolute Gasteiger partial charge is 0.327 e. The number of H-pyrrole nitrogens is 1. The summed E-state index contributed by atoms with van der Waals surface area (Å²) in [6, 6.07) is 2.40. The van der Waals surface area contributed by atoms with Crippen molar-refractivity contribution in [3.8, 4) is 0 Å². The molecule has 0 saturated carbocycles. The Morgan fingerprint density at radius 2 is 1.88 bits per heavy atom. The van der Waals surface area contributed by atoms with Crippen LogP contribution < -0.4 is 16.3 Å². The number of piperidine rings is 1. The third kappa shape index (κ3) is 6.31. The minimum atomic E-state index is -3.40. The highest BCUT2D eigenvalue weighted by atomic mass is 32.2. The Balaban J connectivity index is 1.27. The second-order valence-electron chi connectivity index (χ2n) is 10.9. The summed E-state index contributed by atoms with van der Waals surface area (Å²) in [6.45, 7) is 1.26. The highest BCUT2D eigenvalue weighted by Gasteiger charge is 2.36. The fourth-order valence-electron chi connectivity index (χ4n) is 5.88. The van der Waals surface area contributed by atoms with Crippen LogP contribution in [0.2, 0.25) is 0 Å². The molecule has 0 spiro atoms. The van der Waals surface area contributed by atoms with Crippen LogP contribution in [0.3, 0.4) is 0 Å². The van der Waals surface area contributed by atoms with Crippen LogP contribution in [-0.2, 0) is 14.6 Å². The summed E-state index contributed by atoms with van der Waals surface area (Å²) in [7, 11) is -3.40. The number of halogens is 2. The minimum Gasteiger partial charge on any atom is -0.366 e. The van der Waals surface area contributed by atoms with Gasteiger partial charge >= 0.3 is 11.7 Å². The highest BCUT2D eigenvalue weighted by Crippen LogP contribution is 2.31. The molecule has 222 valence electrons. The van der Waals surface area contributed by atoms with E-state index in [1.807, 2.05) is 12.2 Å². The van der Waals surface area contributed by atoms with E-state index in [0.29, 0.717) is 38.3 Å². The second-order valence-corrected chi connectivity index (χ2v) is 13.2. The van der Waals surface area contributed by atoms with E-state index in [1.165, 1.54) is 17.0 Å². The Morgan fingerprint density at radius 3 is 2.61 bits per heavy atom. The molecule has 2 fully saturated rings. The van der Waals surface area contributed by atoms with E-state index in [2.05, 4.69) is 15.6 Å². The van der Waals surface area contributed by atoms with Crippen molar-refractivity contribution in [3.05, 3.63) is 57.7 Å². The van der Waals surface area contributed by atoms with Gasteiger partial charge in [-0.2, -0.15) is 0 Å². The van der Waals surface area contributed by atoms with Gasteiger partial charge in [-0.1, -0.05) is 18.2 Å². The van der Waals surface area contributed by atoms with Crippen molar-refractivity contribution in [3.63, 3.8) is 0 Å². The number of rotatable bonds is 6. The van der Waals surface area contributed by atoms with Crippen LogP contribution in [0, 0.1) is 11.6 Å². The van der Waals surface area contributed by atoms with Gasteiger partial charge in [-0.05, 0) is 43.4 Å². The monoisotopic (exact) mass is 592 g/mol. The summed E-state index contributed by atoms with van der Waals surface area (Å²) in [5, 5.41) is 5.94. The molecule has 2 saturated heterocycles. The molecule has 14 heteroatoms. The molecule has 3 N–H and O–H groups in total. The van der Waals surface area contributed by atoms with Gasteiger partial charge in [-0.25, -0.2) is 26.8 Å². The summed E-state index contributed by atoms with van der Waals surface area (Å²) < 4.78 is 54.0. The van der Waals surface area contributed by atoms with Crippen LogP contribution in [-0.4, -0.2) is 90.5 Å².